The molecule has 1 aliphatic heterocycles. The van der Waals surface area contributed by atoms with Crippen molar-refractivity contribution in [3.63, 3.8) is 0 Å². The Balaban J connectivity index is 1.50. The summed E-state index contributed by atoms with van der Waals surface area (Å²) in [4.78, 5) is 11.0. The van der Waals surface area contributed by atoms with Gasteiger partial charge in [0.05, 0.1) is 13.2 Å². The third-order valence-electron chi connectivity index (χ3n) is 4.61. The first kappa shape index (κ1) is 18.7. The van der Waals surface area contributed by atoms with Crippen LogP contribution in [0.25, 0.3) is 11.1 Å². The second-order valence-corrected chi connectivity index (χ2v) is 6.69. The molecule has 0 radical (unpaired) electrons. The standard InChI is InChI=1S/C23H20O6/c24-20-13-18(6-7-19(20)23(25)26)29-14-15-3-1-4-16(11-15)17-5-8-21-22(12-17)28-10-2-9-27-21/h1,3-8,11-13,24H,2,9-10,14H2,(H,25,26). The fraction of sp³-hybridized carbons (Fsp3) is 0.174. The number of phenols is 1. The van der Waals surface area contributed by atoms with E-state index in [9.17, 15) is 9.90 Å². The zero-order valence-corrected chi connectivity index (χ0v) is 15.6. The Kier molecular flexibility index (Phi) is 5.24. The van der Waals surface area contributed by atoms with Gasteiger partial charge in [0.2, 0.25) is 0 Å². The Labute approximate surface area is 167 Å². The molecule has 6 nitrogen and oxygen atoms in total. The number of hydrogen-bond donors (Lipinski definition) is 2. The highest BCUT2D eigenvalue weighted by atomic mass is 16.5. The summed E-state index contributed by atoms with van der Waals surface area (Å²) in [7, 11) is 0. The van der Waals surface area contributed by atoms with Crippen LogP contribution in [0.4, 0.5) is 0 Å². The van der Waals surface area contributed by atoms with Crippen LogP contribution in [0.1, 0.15) is 22.3 Å². The second kappa shape index (κ2) is 8.14. The van der Waals surface area contributed by atoms with Crippen molar-refractivity contribution < 1.29 is 29.2 Å². The summed E-state index contributed by atoms with van der Waals surface area (Å²) in [5.41, 5.74) is 2.82. The summed E-state index contributed by atoms with van der Waals surface area (Å²) in [6, 6.07) is 18.0. The van der Waals surface area contributed by atoms with Crippen molar-refractivity contribution in [1.29, 1.82) is 0 Å². The number of rotatable bonds is 5. The number of carboxylic acid groups (broad SMARTS) is 1. The number of benzene rings is 3. The maximum Gasteiger partial charge on any atom is 0.339 e. The van der Waals surface area contributed by atoms with Crippen molar-refractivity contribution in [3.8, 4) is 34.1 Å². The van der Waals surface area contributed by atoms with Crippen LogP contribution in [0.2, 0.25) is 0 Å². The van der Waals surface area contributed by atoms with Gasteiger partial charge in [0.15, 0.2) is 11.5 Å². The van der Waals surface area contributed by atoms with Gasteiger partial charge in [0, 0.05) is 12.5 Å². The largest absolute Gasteiger partial charge is 0.507 e. The smallest absolute Gasteiger partial charge is 0.339 e. The molecule has 0 aromatic heterocycles. The summed E-state index contributed by atoms with van der Waals surface area (Å²) in [5.74, 6) is 0.396. The van der Waals surface area contributed by atoms with Gasteiger partial charge in [-0.25, -0.2) is 4.79 Å². The van der Waals surface area contributed by atoms with E-state index in [-0.39, 0.29) is 17.9 Å². The van der Waals surface area contributed by atoms with E-state index in [4.69, 9.17) is 19.3 Å². The number of carbonyl (C=O) groups is 1. The molecule has 0 aliphatic carbocycles. The lowest BCUT2D eigenvalue weighted by Crippen LogP contribution is -1.99. The molecule has 0 atom stereocenters. The van der Waals surface area contributed by atoms with Gasteiger partial charge < -0.3 is 24.4 Å². The van der Waals surface area contributed by atoms with E-state index in [1.807, 2.05) is 42.5 Å². The van der Waals surface area contributed by atoms with E-state index >= 15 is 0 Å². The van der Waals surface area contributed by atoms with E-state index in [1.165, 1.54) is 18.2 Å². The van der Waals surface area contributed by atoms with E-state index < -0.39 is 5.97 Å². The molecule has 0 unspecified atom stereocenters. The summed E-state index contributed by atoms with van der Waals surface area (Å²) >= 11 is 0. The fourth-order valence-corrected chi connectivity index (χ4v) is 3.13. The Hall–Kier alpha value is -3.67. The van der Waals surface area contributed by atoms with Gasteiger partial charge in [0.25, 0.3) is 0 Å². The van der Waals surface area contributed by atoms with Crippen LogP contribution in [0.5, 0.6) is 23.0 Å². The van der Waals surface area contributed by atoms with Crippen LogP contribution in [-0.4, -0.2) is 29.4 Å². The molecular weight excluding hydrogens is 372 g/mol. The minimum absolute atomic E-state index is 0.159. The molecule has 0 saturated carbocycles. The highest BCUT2D eigenvalue weighted by Gasteiger charge is 2.12. The third-order valence-corrected chi connectivity index (χ3v) is 4.61. The number of aromatic carboxylic acids is 1. The summed E-state index contributed by atoms with van der Waals surface area (Å²) in [6.45, 7) is 1.57. The van der Waals surface area contributed by atoms with Gasteiger partial charge in [0.1, 0.15) is 23.7 Å². The molecule has 148 valence electrons. The van der Waals surface area contributed by atoms with Gasteiger partial charge in [-0.15, -0.1) is 0 Å². The Morgan fingerprint density at radius 2 is 1.72 bits per heavy atom. The van der Waals surface area contributed by atoms with Crippen LogP contribution >= 0.6 is 0 Å². The van der Waals surface area contributed by atoms with E-state index in [1.54, 1.807) is 0 Å². The SMILES string of the molecule is O=C(O)c1ccc(OCc2cccc(-c3ccc4c(c3)OCCCO4)c2)cc1O. The highest BCUT2D eigenvalue weighted by Crippen LogP contribution is 2.34. The predicted molar refractivity (Wildman–Crippen MR) is 107 cm³/mol. The Morgan fingerprint density at radius 3 is 2.52 bits per heavy atom. The first-order chi connectivity index (χ1) is 14.1. The molecule has 0 fully saturated rings. The molecular formula is C23H20O6. The third kappa shape index (κ3) is 4.27. The number of fused-ring (bicyclic) bond motifs is 1. The second-order valence-electron chi connectivity index (χ2n) is 6.69. The Bertz CT molecular complexity index is 1040. The minimum Gasteiger partial charge on any atom is -0.507 e. The van der Waals surface area contributed by atoms with Crippen LogP contribution in [0.3, 0.4) is 0 Å². The van der Waals surface area contributed by atoms with Gasteiger partial charge in [-0.05, 0) is 47.0 Å². The van der Waals surface area contributed by atoms with Crippen molar-refractivity contribution in [2.24, 2.45) is 0 Å². The first-order valence-electron chi connectivity index (χ1n) is 9.28. The summed E-state index contributed by atoms with van der Waals surface area (Å²) < 4.78 is 17.2. The molecule has 0 spiro atoms. The molecule has 1 aliphatic rings. The Morgan fingerprint density at radius 1 is 0.931 bits per heavy atom. The topological polar surface area (TPSA) is 85.2 Å². The molecule has 0 amide bonds. The molecule has 1 heterocycles. The van der Waals surface area contributed by atoms with Crippen molar-refractivity contribution >= 4 is 5.97 Å². The van der Waals surface area contributed by atoms with Crippen LogP contribution in [0.15, 0.2) is 60.7 Å². The first-order valence-corrected chi connectivity index (χ1v) is 9.28. The summed E-state index contributed by atoms with van der Waals surface area (Å²) in [6.07, 6.45) is 0.861. The lowest BCUT2D eigenvalue weighted by atomic mass is 10.0. The van der Waals surface area contributed by atoms with Crippen LogP contribution in [0, 0.1) is 0 Å². The molecule has 0 saturated heterocycles. The number of carboxylic acids is 1. The van der Waals surface area contributed by atoms with Crippen molar-refractivity contribution in [1.82, 2.24) is 0 Å². The molecule has 3 aromatic carbocycles. The lowest BCUT2D eigenvalue weighted by Gasteiger charge is -2.11. The van der Waals surface area contributed by atoms with Crippen LogP contribution in [-0.2, 0) is 6.61 Å². The molecule has 6 heteroatoms. The highest BCUT2D eigenvalue weighted by molar-refractivity contribution is 5.90. The zero-order chi connectivity index (χ0) is 20.2. The lowest BCUT2D eigenvalue weighted by molar-refractivity contribution is 0.0693. The molecule has 29 heavy (non-hydrogen) atoms. The predicted octanol–water partition coefficient (Wildman–Crippen LogP) is 4.50. The monoisotopic (exact) mass is 392 g/mol. The average Bonchev–Trinajstić information content (AvgIpc) is 2.97. The van der Waals surface area contributed by atoms with Gasteiger partial charge in [-0.2, -0.15) is 0 Å². The molecule has 0 bridgehead atoms. The van der Waals surface area contributed by atoms with Crippen molar-refractivity contribution in [2.45, 2.75) is 13.0 Å². The zero-order valence-electron chi connectivity index (χ0n) is 15.6. The quantitative estimate of drug-likeness (QED) is 0.665. The number of ether oxygens (including phenoxy) is 3. The fourth-order valence-electron chi connectivity index (χ4n) is 3.13. The van der Waals surface area contributed by atoms with Gasteiger partial charge in [-0.3, -0.25) is 0 Å². The molecule has 3 aromatic rings. The van der Waals surface area contributed by atoms with Crippen molar-refractivity contribution in [2.75, 3.05) is 13.2 Å². The van der Waals surface area contributed by atoms with Crippen LogP contribution < -0.4 is 14.2 Å². The number of aromatic hydroxyl groups is 1. The van der Waals surface area contributed by atoms with Gasteiger partial charge >= 0.3 is 5.97 Å². The molecule has 2 N–H and O–H groups in total. The average molecular weight is 392 g/mol. The maximum absolute atomic E-state index is 11.0. The van der Waals surface area contributed by atoms with Gasteiger partial charge in [-0.1, -0.05) is 24.3 Å². The van der Waals surface area contributed by atoms with Crippen molar-refractivity contribution in [3.05, 3.63) is 71.8 Å². The number of hydrogen-bond acceptors (Lipinski definition) is 5. The summed E-state index contributed by atoms with van der Waals surface area (Å²) in [5, 5.41) is 18.8. The maximum atomic E-state index is 11.0. The van der Waals surface area contributed by atoms with E-state index in [0.717, 1.165) is 34.6 Å². The minimum atomic E-state index is -1.18. The molecule has 4 rings (SSSR count). The van der Waals surface area contributed by atoms with E-state index in [0.29, 0.717) is 19.0 Å². The normalized spacial score (nSPS) is 12.8. The van der Waals surface area contributed by atoms with E-state index in [2.05, 4.69) is 0 Å².